The Labute approximate surface area is 109 Å². The van der Waals surface area contributed by atoms with Crippen molar-refractivity contribution in [1.29, 1.82) is 0 Å². The number of carbonyl (C=O) groups is 1. The average molecular weight is 246 g/mol. The number of rotatable bonds is 2. The summed E-state index contributed by atoms with van der Waals surface area (Å²) in [5.41, 5.74) is 0.976. The molecule has 1 aliphatic heterocycles. The zero-order valence-corrected chi connectivity index (χ0v) is 11.4. The van der Waals surface area contributed by atoms with E-state index in [4.69, 9.17) is 0 Å². The van der Waals surface area contributed by atoms with Crippen LogP contribution in [-0.4, -0.2) is 25.5 Å². The molecule has 0 saturated carbocycles. The molecule has 1 unspecified atom stereocenters. The summed E-state index contributed by atoms with van der Waals surface area (Å²) in [6.45, 7) is 5.27. The van der Waals surface area contributed by atoms with Crippen LogP contribution in [0.5, 0.6) is 0 Å². The third kappa shape index (κ3) is 2.56. The molecule has 3 nitrogen and oxygen atoms in total. The van der Waals surface area contributed by atoms with E-state index in [2.05, 4.69) is 19.2 Å². The number of piperidine rings is 1. The van der Waals surface area contributed by atoms with Gasteiger partial charge in [-0.3, -0.25) is 4.79 Å². The summed E-state index contributed by atoms with van der Waals surface area (Å²) < 4.78 is 0. The Kier molecular flexibility index (Phi) is 3.71. The smallest absolute Gasteiger partial charge is 0.244 e. The van der Waals surface area contributed by atoms with E-state index in [1.54, 1.807) is 4.90 Å². The highest BCUT2D eigenvalue weighted by atomic mass is 16.2. The molecular weight excluding hydrogens is 224 g/mol. The van der Waals surface area contributed by atoms with E-state index < -0.39 is 0 Å². The van der Waals surface area contributed by atoms with Gasteiger partial charge in [-0.2, -0.15) is 0 Å². The second-order valence-electron chi connectivity index (χ2n) is 5.71. The molecule has 0 aromatic heterocycles. The van der Waals surface area contributed by atoms with Gasteiger partial charge in [-0.25, -0.2) is 0 Å². The standard InChI is InChI=1S/C15H22N2O/c1-15(2)10-7-11-16-13(15)14(18)17(3)12-8-5-4-6-9-12/h4-6,8-9,13,16H,7,10-11H2,1-3H3. The molecule has 1 amide bonds. The lowest BCUT2D eigenvalue weighted by atomic mass is 9.77. The molecule has 0 radical (unpaired) electrons. The first-order chi connectivity index (χ1) is 8.52. The summed E-state index contributed by atoms with van der Waals surface area (Å²) in [4.78, 5) is 14.3. The molecule has 0 aliphatic carbocycles. The summed E-state index contributed by atoms with van der Waals surface area (Å²) in [7, 11) is 1.85. The summed E-state index contributed by atoms with van der Waals surface area (Å²) in [5, 5.41) is 3.37. The average Bonchev–Trinajstić information content (AvgIpc) is 2.37. The number of para-hydroxylation sites is 1. The van der Waals surface area contributed by atoms with Gasteiger partial charge in [-0.1, -0.05) is 32.0 Å². The van der Waals surface area contributed by atoms with Crippen LogP contribution in [0.2, 0.25) is 0 Å². The van der Waals surface area contributed by atoms with Crippen LogP contribution in [0.1, 0.15) is 26.7 Å². The number of nitrogens with zero attached hydrogens (tertiary/aromatic N) is 1. The molecule has 1 aliphatic rings. The predicted octanol–water partition coefficient (Wildman–Crippen LogP) is 2.43. The highest BCUT2D eigenvalue weighted by Crippen LogP contribution is 2.31. The van der Waals surface area contributed by atoms with Crippen LogP contribution in [0.3, 0.4) is 0 Å². The third-order valence-corrected chi connectivity index (χ3v) is 3.85. The first-order valence-corrected chi connectivity index (χ1v) is 6.58. The zero-order chi connectivity index (χ0) is 13.2. The first-order valence-electron chi connectivity index (χ1n) is 6.58. The van der Waals surface area contributed by atoms with Crippen LogP contribution in [-0.2, 0) is 4.79 Å². The number of hydrogen-bond donors (Lipinski definition) is 1. The summed E-state index contributed by atoms with van der Waals surface area (Å²) in [6, 6.07) is 9.72. The molecule has 2 rings (SSSR count). The molecule has 1 heterocycles. The Balaban J connectivity index is 2.16. The van der Waals surface area contributed by atoms with Crippen molar-refractivity contribution in [3.8, 4) is 0 Å². The molecule has 1 fully saturated rings. The maximum absolute atomic E-state index is 12.6. The molecule has 98 valence electrons. The van der Waals surface area contributed by atoms with Crippen LogP contribution in [0.25, 0.3) is 0 Å². The van der Waals surface area contributed by atoms with E-state index in [0.717, 1.165) is 25.1 Å². The van der Waals surface area contributed by atoms with Crippen molar-refractivity contribution in [3.05, 3.63) is 30.3 Å². The molecule has 1 aromatic carbocycles. The Hall–Kier alpha value is -1.35. The van der Waals surface area contributed by atoms with Crippen molar-refractivity contribution >= 4 is 11.6 Å². The lowest BCUT2D eigenvalue weighted by Gasteiger charge is -2.40. The molecule has 1 atom stereocenters. The van der Waals surface area contributed by atoms with E-state index in [9.17, 15) is 4.79 Å². The number of anilines is 1. The third-order valence-electron chi connectivity index (χ3n) is 3.85. The number of amides is 1. The van der Waals surface area contributed by atoms with Crippen molar-refractivity contribution in [2.75, 3.05) is 18.5 Å². The fourth-order valence-corrected chi connectivity index (χ4v) is 2.61. The molecule has 1 N–H and O–H groups in total. The fraction of sp³-hybridized carbons (Fsp3) is 0.533. The molecular formula is C15H22N2O. The van der Waals surface area contributed by atoms with Crippen LogP contribution >= 0.6 is 0 Å². The van der Waals surface area contributed by atoms with Gasteiger partial charge in [0, 0.05) is 12.7 Å². The van der Waals surface area contributed by atoms with Gasteiger partial charge in [0.2, 0.25) is 5.91 Å². The van der Waals surface area contributed by atoms with E-state index >= 15 is 0 Å². The van der Waals surface area contributed by atoms with Gasteiger partial charge < -0.3 is 10.2 Å². The van der Waals surface area contributed by atoms with Crippen molar-refractivity contribution in [3.63, 3.8) is 0 Å². The van der Waals surface area contributed by atoms with Gasteiger partial charge >= 0.3 is 0 Å². The second-order valence-corrected chi connectivity index (χ2v) is 5.71. The van der Waals surface area contributed by atoms with E-state index in [-0.39, 0.29) is 17.4 Å². The molecule has 1 saturated heterocycles. The first kappa shape index (κ1) is 13.1. The van der Waals surface area contributed by atoms with E-state index in [1.807, 2.05) is 37.4 Å². The highest BCUT2D eigenvalue weighted by Gasteiger charge is 2.38. The van der Waals surface area contributed by atoms with Crippen LogP contribution in [0.15, 0.2) is 30.3 Å². The minimum atomic E-state index is -0.0866. The largest absolute Gasteiger partial charge is 0.314 e. The number of benzene rings is 1. The second kappa shape index (κ2) is 5.11. The van der Waals surface area contributed by atoms with Crippen LogP contribution in [0, 0.1) is 5.41 Å². The fourth-order valence-electron chi connectivity index (χ4n) is 2.61. The normalized spacial score (nSPS) is 22.5. The van der Waals surface area contributed by atoms with Gasteiger partial charge in [0.05, 0.1) is 6.04 Å². The number of nitrogens with one attached hydrogen (secondary N) is 1. The zero-order valence-electron chi connectivity index (χ0n) is 11.4. The summed E-state index contributed by atoms with van der Waals surface area (Å²) >= 11 is 0. The highest BCUT2D eigenvalue weighted by molar-refractivity contribution is 5.97. The van der Waals surface area contributed by atoms with E-state index in [1.165, 1.54) is 0 Å². The van der Waals surface area contributed by atoms with Gasteiger partial charge in [-0.05, 0) is 36.9 Å². The minimum Gasteiger partial charge on any atom is -0.314 e. The lowest BCUT2D eigenvalue weighted by molar-refractivity contribution is -0.123. The Morgan fingerprint density at radius 2 is 2.00 bits per heavy atom. The Morgan fingerprint density at radius 1 is 1.33 bits per heavy atom. The summed E-state index contributed by atoms with van der Waals surface area (Å²) in [6.07, 6.45) is 2.24. The lowest BCUT2D eigenvalue weighted by Crippen LogP contribution is -2.56. The monoisotopic (exact) mass is 246 g/mol. The quantitative estimate of drug-likeness (QED) is 0.869. The van der Waals surface area contributed by atoms with Gasteiger partial charge in [0.1, 0.15) is 0 Å². The summed E-state index contributed by atoms with van der Waals surface area (Å²) in [5.74, 6) is 0.158. The molecule has 1 aromatic rings. The van der Waals surface area contributed by atoms with Gasteiger partial charge in [0.15, 0.2) is 0 Å². The van der Waals surface area contributed by atoms with Gasteiger partial charge in [-0.15, -0.1) is 0 Å². The predicted molar refractivity (Wildman–Crippen MR) is 74.7 cm³/mol. The Bertz CT molecular complexity index is 414. The van der Waals surface area contributed by atoms with Crippen molar-refractivity contribution < 1.29 is 4.79 Å². The van der Waals surface area contributed by atoms with Gasteiger partial charge in [0.25, 0.3) is 0 Å². The minimum absolute atomic E-state index is 0.0262. The van der Waals surface area contributed by atoms with Crippen molar-refractivity contribution in [2.45, 2.75) is 32.7 Å². The van der Waals surface area contributed by atoms with Crippen molar-refractivity contribution in [1.82, 2.24) is 5.32 Å². The van der Waals surface area contributed by atoms with Crippen LogP contribution in [0.4, 0.5) is 5.69 Å². The molecule has 18 heavy (non-hydrogen) atoms. The van der Waals surface area contributed by atoms with Crippen molar-refractivity contribution in [2.24, 2.45) is 5.41 Å². The number of carbonyl (C=O) groups excluding carboxylic acids is 1. The maximum atomic E-state index is 12.6. The number of hydrogen-bond acceptors (Lipinski definition) is 2. The topological polar surface area (TPSA) is 32.3 Å². The maximum Gasteiger partial charge on any atom is 0.244 e. The van der Waals surface area contributed by atoms with E-state index in [0.29, 0.717) is 0 Å². The molecule has 0 bridgehead atoms. The molecule has 3 heteroatoms. The Morgan fingerprint density at radius 3 is 2.61 bits per heavy atom. The molecule has 0 spiro atoms. The van der Waals surface area contributed by atoms with Crippen LogP contribution < -0.4 is 10.2 Å². The SMILES string of the molecule is CN(C(=O)C1NCCCC1(C)C)c1ccccc1. The number of likely N-dealkylation sites (N-methyl/N-ethyl adjacent to an activating group) is 1.